The zero-order valence-electron chi connectivity index (χ0n) is 10.3. The zero-order chi connectivity index (χ0) is 13.1. The summed E-state index contributed by atoms with van der Waals surface area (Å²) in [5.41, 5.74) is 0.0775. The number of hydrogen-bond donors (Lipinski definition) is 1. The third-order valence-electron chi connectivity index (χ3n) is 2.55. The van der Waals surface area contributed by atoms with E-state index < -0.39 is 11.7 Å². The van der Waals surface area contributed by atoms with E-state index in [0.29, 0.717) is 11.5 Å². The fourth-order valence-corrected chi connectivity index (χ4v) is 1.51. The lowest BCUT2D eigenvalue weighted by molar-refractivity contribution is -0.137. The van der Waals surface area contributed by atoms with E-state index in [1.54, 1.807) is 6.07 Å². The molecule has 1 nitrogen and oxygen atoms in total. The molecule has 1 unspecified atom stereocenters. The van der Waals surface area contributed by atoms with Gasteiger partial charge in [0, 0.05) is 6.04 Å². The summed E-state index contributed by atoms with van der Waals surface area (Å²) in [7, 11) is 0. The van der Waals surface area contributed by atoms with E-state index >= 15 is 0 Å². The van der Waals surface area contributed by atoms with Crippen LogP contribution in [0.5, 0.6) is 0 Å². The number of nitrogens with one attached hydrogen (secondary N) is 1. The summed E-state index contributed by atoms with van der Waals surface area (Å²) in [6.45, 7) is 6.78. The molecule has 0 heterocycles. The van der Waals surface area contributed by atoms with E-state index in [0.717, 1.165) is 12.6 Å². The summed E-state index contributed by atoms with van der Waals surface area (Å²) in [6, 6.07) is 5.40. The largest absolute Gasteiger partial charge is 0.416 e. The number of alkyl halides is 3. The van der Waals surface area contributed by atoms with Crippen molar-refractivity contribution in [3.63, 3.8) is 0 Å². The minimum atomic E-state index is -4.27. The van der Waals surface area contributed by atoms with Gasteiger partial charge in [-0.15, -0.1) is 0 Å². The Morgan fingerprint density at radius 1 is 1.18 bits per heavy atom. The molecule has 0 aliphatic rings. The fraction of sp³-hybridized carbons (Fsp3) is 0.538. The molecule has 0 spiro atoms. The van der Waals surface area contributed by atoms with Crippen LogP contribution in [0.15, 0.2) is 24.3 Å². The minimum absolute atomic E-state index is 0.0697. The van der Waals surface area contributed by atoms with Gasteiger partial charge in [0.25, 0.3) is 0 Å². The standard InChI is InChI=1S/C13H18F3N/c1-9(2)8-17-10(3)11-5-4-6-12(7-11)13(14,15)16/h4-7,9-10,17H,8H2,1-3H3. The highest BCUT2D eigenvalue weighted by atomic mass is 19.4. The van der Waals surface area contributed by atoms with Crippen LogP contribution in [0.1, 0.15) is 37.9 Å². The van der Waals surface area contributed by atoms with Gasteiger partial charge in [0.15, 0.2) is 0 Å². The van der Waals surface area contributed by atoms with Crippen molar-refractivity contribution in [1.29, 1.82) is 0 Å². The van der Waals surface area contributed by atoms with Crippen molar-refractivity contribution in [2.45, 2.75) is 33.0 Å². The number of rotatable bonds is 4. The van der Waals surface area contributed by atoms with E-state index in [4.69, 9.17) is 0 Å². The van der Waals surface area contributed by atoms with E-state index in [1.165, 1.54) is 12.1 Å². The van der Waals surface area contributed by atoms with Gasteiger partial charge in [-0.2, -0.15) is 13.2 Å². The third-order valence-corrected chi connectivity index (χ3v) is 2.55. The second kappa shape index (κ2) is 5.54. The minimum Gasteiger partial charge on any atom is -0.310 e. The second-order valence-electron chi connectivity index (χ2n) is 4.65. The molecule has 0 amide bonds. The Kier molecular flexibility index (Phi) is 4.57. The molecule has 0 aromatic heterocycles. The maximum atomic E-state index is 12.5. The van der Waals surface area contributed by atoms with Gasteiger partial charge >= 0.3 is 6.18 Å². The molecular weight excluding hydrogens is 227 g/mol. The summed E-state index contributed by atoms with van der Waals surface area (Å²) in [6.07, 6.45) is -4.27. The molecule has 1 N–H and O–H groups in total. The van der Waals surface area contributed by atoms with Crippen molar-refractivity contribution in [2.24, 2.45) is 5.92 Å². The topological polar surface area (TPSA) is 12.0 Å². The molecule has 1 atom stereocenters. The molecular formula is C13H18F3N. The van der Waals surface area contributed by atoms with E-state index in [-0.39, 0.29) is 6.04 Å². The van der Waals surface area contributed by atoms with Crippen LogP contribution in [-0.4, -0.2) is 6.54 Å². The van der Waals surface area contributed by atoms with Crippen LogP contribution in [0.3, 0.4) is 0 Å². The van der Waals surface area contributed by atoms with Gasteiger partial charge in [-0.1, -0.05) is 26.0 Å². The predicted octanol–water partition coefficient (Wildman–Crippen LogP) is 4.01. The highest BCUT2D eigenvalue weighted by Crippen LogP contribution is 2.30. The predicted molar refractivity (Wildman–Crippen MR) is 62.7 cm³/mol. The molecule has 0 aliphatic heterocycles. The van der Waals surface area contributed by atoms with Crippen LogP contribution in [0.25, 0.3) is 0 Å². The quantitative estimate of drug-likeness (QED) is 0.845. The lowest BCUT2D eigenvalue weighted by atomic mass is 10.0. The van der Waals surface area contributed by atoms with Gasteiger partial charge in [0.1, 0.15) is 0 Å². The van der Waals surface area contributed by atoms with Crippen molar-refractivity contribution in [2.75, 3.05) is 6.54 Å². The van der Waals surface area contributed by atoms with Crippen molar-refractivity contribution in [3.8, 4) is 0 Å². The summed E-state index contributed by atoms with van der Waals surface area (Å²) in [5.74, 6) is 0.475. The van der Waals surface area contributed by atoms with Crippen molar-refractivity contribution in [3.05, 3.63) is 35.4 Å². The van der Waals surface area contributed by atoms with E-state index in [2.05, 4.69) is 19.2 Å². The summed E-state index contributed by atoms with van der Waals surface area (Å²) in [5, 5.41) is 3.21. The summed E-state index contributed by atoms with van der Waals surface area (Å²) < 4.78 is 37.6. The van der Waals surface area contributed by atoms with E-state index in [1.807, 2.05) is 6.92 Å². The molecule has 1 aromatic rings. The second-order valence-corrected chi connectivity index (χ2v) is 4.65. The lowest BCUT2D eigenvalue weighted by Gasteiger charge is -2.17. The molecule has 1 rings (SSSR count). The molecule has 17 heavy (non-hydrogen) atoms. The van der Waals surface area contributed by atoms with Crippen LogP contribution in [0.2, 0.25) is 0 Å². The zero-order valence-corrected chi connectivity index (χ0v) is 10.3. The smallest absolute Gasteiger partial charge is 0.310 e. The van der Waals surface area contributed by atoms with Gasteiger partial charge in [0.2, 0.25) is 0 Å². The van der Waals surface area contributed by atoms with Crippen molar-refractivity contribution in [1.82, 2.24) is 5.32 Å². The van der Waals surface area contributed by atoms with Gasteiger partial charge in [-0.05, 0) is 37.1 Å². The highest BCUT2D eigenvalue weighted by molar-refractivity contribution is 5.27. The summed E-state index contributed by atoms with van der Waals surface area (Å²) >= 11 is 0. The number of benzene rings is 1. The van der Waals surface area contributed by atoms with E-state index in [9.17, 15) is 13.2 Å². The van der Waals surface area contributed by atoms with Gasteiger partial charge < -0.3 is 5.32 Å². The summed E-state index contributed by atoms with van der Waals surface area (Å²) in [4.78, 5) is 0. The Morgan fingerprint density at radius 3 is 2.35 bits per heavy atom. The molecule has 0 bridgehead atoms. The molecule has 1 aromatic carbocycles. The molecule has 0 aliphatic carbocycles. The van der Waals surface area contributed by atoms with Crippen LogP contribution >= 0.6 is 0 Å². The van der Waals surface area contributed by atoms with Crippen LogP contribution < -0.4 is 5.32 Å². The maximum absolute atomic E-state index is 12.5. The SMILES string of the molecule is CC(C)CNC(C)c1cccc(C(F)(F)F)c1. The maximum Gasteiger partial charge on any atom is 0.416 e. The first kappa shape index (κ1) is 14.0. The van der Waals surface area contributed by atoms with Gasteiger partial charge in [-0.3, -0.25) is 0 Å². The first-order valence-corrected chi connectivity index (χ1v) is 5.71. The first-order valence-electron chi connectivity index (χ1n) is 5.71. The molecule has 4 heteroatoms. The average molecular weight is 245 g/mol. The Hall–Kier alpha value is -1.03. The van der Waals surface area contributed by atoms with Crippen molar-refractivity contribution < 1.29 is 13.2 Å². The molecule has 96 valence electrons. The van der Waals surface area contributed by atoms with Crippen LogP contribution in [-0.2, 0) is 6.18 Å². The molecule has 0 fully saturated rings. The molecule has 0 radical (unpaired) electrons. The Balaban J connectivity index is 2.77. The first-order chi connectivity index (χ1) is 7.80. The van der Waals surface area contributed by atoms with Crippen LogP contribution in [0.4, 0.5) is 13.2 Å². The lowest BCUT2D eigenvalue weighted by Crippen LogP contribution is -2.23. The number of hydrogen-bond acceptors (Lipinski definition) is 1. The fourth-order valence-electron chi connectivity index (χ4n) is 1.51. The normalized spacial score (nSPS) is 14.1. The highest BCUT2D eigenvalue weighted by Gasteiger charge is 2.30. The Morgan fingerprint density at radius 2 is 1.82 bits per heavy atom. The van der Waals surface area contributed by atoms with Crippen molar-refractivity contribution >= 4 is 0 Å². The molecule has 0 saturated carbocycles. The molecule has 0 saturated heterocycles. The number of halogens is 3. The third kappa shape index (κ3) is 4.38. The van der Waals surface area contributed by atoms with Gasteiger partial charge in [-0.25, -0.2) is 0 Å². The van der Waals surface area contributed by atoms with Crippen LogP contribution in [0, 0.1) is 5.92 Å². The Bertz CT molecular complexity index is 358. The van der Waals surface area contributed by atoms with Gasteiger partial charge in [0.05, 0.1) is 5.56 Å². The Labute approximate surface area is 100 Å². The monoisotopic (exact) mass is 245 g/mol. The average Bonchev–Trinajstić information content (AvgIpc) is 2.25.